The van der Waals surface area contributed by atoms with E-state index in [-0.39, 0.29) is 22.6 Å². The molecule has 0 saturated carbocycles. The van der Waals surface area contributed by atoms with Crippen molar-refractivity contribution in [1.29, 1.82) is 0 Å². The van der Waals surface area contributed by atoms with Gasteiger partial charge in [0.1, 0.15) is 17.5 Å². The smallest absolute Gasteiger partial charge is 0.130 e. The van der Waals surface area contributed by atoms with Crippen LogP contribution >= 0.6 is 11.6 Å². The Morgan fingerprint density at radius 1 is 1.00 bits per heavy atom. The summed E-state index contributed by atoms with van der Waals surface area (Å²) >= 11 is 5.59. The van der Waals surface area contributed by atoms with Crippen molar-refractivity contribution < 1.29 is 18.3 Å². The number of benzene rings is 2. The number of hydrogen-bond donors (Lipinski definition) is 1. The Morgan fingerprint density at radius 3 is 2.21 bits per heavy atom. The van der Waals surface area contributed by atoms with Crippen LogP contribution in [0.25, 0.3) is 0 Å². The van der Waals surface area contributed by atoms with Gasteiger partial charge in [-0.3, -0.25) is 0 Å². The second kappa shape index (κ2) is 5.63. The van der Waals surface area contributed by atoms with E-state index in [1.807, 2.05) is 0 Å². The van der Waals surface area contributed by atoms with E-state index in [1.54, 1.807) is 0 Å². The van der Waals surface area contributed by atoms with Gasteiger partial charge in [-0.25, -0.2) is 13.2 Å². The molecule has 0 aromatic heterocycles. The van der Waals surface area contributed by atoms with Crippen LogP contribution < -0.4 is 0 Å². The maximum absolute atomic E-state index is 13.6. The fourth-order valence-electron chi connectivity index (χ4n) is 1.80. The minimum Gasteiger partial charge on any atom is -0.388 e. The second-order valence-electron chi connectivity index (χ2n) is 4.09. The van der Waals surface area contributed by atoms with Gasteiger partial charge in [-0.1, -0.05) is 23.7 Å². The molecule has 0 saturated heterocycles. The molecular formula is C14H10ClF3O. The zero-order chi connectivity index (χ0) is 14.0. The van der Waals surface area contributed by atoms with Crippen molar-refractivity contribution >= 4 is 11.6 Å². The molecule has 2 aromatic rings. The highest BCUT2D eigenvalue weighted by Gasteiger charge is 2.18. The van der Waals surface area contributed by atoms with E-state index in [1.165, 1.54) is 18.2 Å². The van der Waals surface area contributed by atoms with Crippen molar-refractivity contribution in [2.24, 2.45) is 0 Å². The summed E-state index contributed by atoms with van der Waals surface area (Å²) in [5.41, 5.74) is -0.323. The van der Waals surface area contributed by atoms with E-state index in [9.17, 15) is 18.3 Å². The Bertz CT molecular complexity index is 581. The van der Waals surface area contributed by atoms with Gasteiger partial charge in [0.05, 0.1) is 6.10 Å². The molecular weight excluding hydrogens is 277 g/mol. The Labute approximate surface area is 113 Å². The van der Waals surface area contributed by atoms with Gasteiger partial charge in [0, 0.05) is 22.6 Å². The molecule has 0 aliphatic heterocycles. The first-order valence-corrected chi connectivity index (χ1v) is 5.92. The van der Waals surface area contributed by atoms with Crippen LogP contribution in [0.15, 0.2) is 36.4 Å². The predicted octanol–water partition coefficient (Wildman–Crippen LogP) is 4.03. The number of aliphatic hydroxyl groups is 1. The Kier molecular flexibility index (Phi) is 4.12. The van der Waals surface area contributed by atoms with E-state index < -0.39 is 23.6 Å². The Hall–Kier alpha value is -1.52. The van der Waals surface area contributed by atoms with E-state index in [0.717, 1.165) is 18.2 Å². The van der Waals surface area contributed by atoms with E-state index in [4.69, 9.17) is 11.6 Å². The van der Waals surface area contributed by atoms with Crippen molar-refractivity contribution in [2.45, 2.75) is 12.5 Å². The van der Waals surface area contributed by atoms with Gasteiger partial charge in [-0.2, -0.15) is 0 Å². The van der Waals surface area contributed by atoms with E-state index in [0.29, 0.717) is 0 Å². The molecule has 0 amide bonds. The second-order valence-corrected chi connectivity index (χ2v) is 4.52. The third kappa shape index (κ3) is 3.08. The van der Waals surface area contributed by atoms with Crippen LogP contribution in [0.5, 0.6) is 0 Å². The topological polar surface area (TPSA) is 20.2 Å². The SMILES string of the molecule is OC(Cc1c(F)cccc1F)c1ccc(Cl)cc1F. The molecule has 0 spiro atoms. The van der Waals surface area contributed by atoms with Gasteiger partial charge in [0.25, 0.3) is 0 Å². The van der Waals surface area contributed by atoms with Crippen LogP contribution in [-0.4, -0.2) is 5.11 Å². The highest BCUT2D eigenvalue weighted by Crippen LogP contribution is 2.25. The average molecular weight is 287 g/mol. The van der Waals surface area contributed by atoms with Gasteiger partial charge in [-0.05, 0) is 24.3 Å². The monoisotopic (exact) mass is 286 g/mol. The van der Waals surface area contributed by atoms with Crippen LogP contribution in [0.1, 0.15) is 17.2 Å². The molecule has 2 rings (SSSR count). The summed E-state index contributed by atoms with van der Waals surface area (Å²) < 4.78 is 40.4. The van der Waals surface area contributed by atoms with Gasteiger partial charge in [0.15, 0.2) is 0 Å². The molecule has 0 aliphatic rings. The maximum atomic E-state index is 13.6. The van der Waals surface area contributed by atoms with Crippen molar-refractivity contribution in [2.75, 3.05) is 0 Å². The predicted molar refractivity (Wildman–Crippen MR) is 66.4 cm³/mol. The summed E-state index contributed by atoms with van der Waals surface area (Å²) in [6.07, 6.45) is -1.69. The van der Waals surface area contributed by atoms with Crippen molar-refractivity contribution in [3.05, 3.63) is 70.0 Å². The summed E-state index contributed by atoms with van der Waals surface area (Å²) in [5.74, 6) is -2.25. The molecule has 0 heterocycles. The molecule has 0 radical (unpaired) electrons. The summed E-state index contributed by atoms with van der Waals surface area (Å²) in [4.78, 5) is 0. The number of halogens is 4. The largest absolute Gasteiger partial charge is 0.388 e. The Morgan fingerprint density at radius 2 is 1.63 bits per heavy atom. The summed E-state index contributed by atoms with van der Waals surface area (Å²) in [6, 6.07) is 7.13. The van der Waals surface area contributed by atoms with Crippen LogP contribution in [0.2, 0.25) is 5.02 Å². The van der Waals surface area contributed by atoms with Gasteiger partial charge >= 0.3 is 0 Å². The highest BCUT2D eigenvalue weighted by molar-refractivity contribution is 6.30. The molecule has 1 unspecified atom stereocenters. The molecule has 1 nitrogen and oxygen atoms in total. The van der Waals surface area contributed by atoms with Crippen molar-refractivity contribution in [3.8, 4) is 0 Å². The lowest BCUT2D eigenvalue weighted by Gasteiger charge is -2.13. The normalized spacial score (nSPS) is 12.5. The summed E-state index contributed by atoms with van der Waals surface area (Å²) in [7, 11) is 0. The number of rotatable bonds is 3. The third-order valence-electron chi connectivity index (χ3n) is 2.78. The minimum atomic E-state index is -1.34. The van der Waals surface area contributed by atoms with Crippen LogP contribution in [0.3, 0.4) is 0 Å². The lowest BCUT2D eigenvalue weighted by Crippen LogP contribution is -2.07. The molecule has 0 fully saturated rings. The highest BCUT2D eigenvalue weighted by atomic mass is 35.5. The van der Waals surface area contributed by atoms with Gasteiger partial charge in [0.2, 0.25) is 0 Å². The minimum absolute atomic E-state index is 0.0490. The number of aliphatic hydroxyl groups excluding tert-OH is 1. The van der Waals surface area contributed by atoms with Crippen molar-refractivity contribution in [3.63, 3.8) is 0 Å². The molecule has 0 bridgehead atoms. The maximum Gasteiger partial charge on any atom is 0.130 e. The lowest BCUT2D eigenvalue weighted by atomic mass is 10.0. The first-order valence-electron chi connectivity index (χ1n) is 5.55. The Balaban J connectivity index is 2.28. The van der Waals surface area contributed by atoms with Gasteiger partial charge < -0.3 is 5.11 Å². The standard InChI is InChI=1S/C14H10ClF3O/c15-8-4-5-9(13(18)6-8)14(19)7-10-11(16)2-1-3-12(10)17/h1-6,14,19H,7H2. The summed E-state index contributed by atoms with van der Waals surface area (Å²) in [6.45, 7) is 0. The quantitative estimate of drug-likeness (QED) is 0.903. The van der Waals surface area contributed by atoms with Gasteiger partial charge in [-0.15, -0.1) is 0 Å². The lowest BCUT2D eigenvalue weighted by molar-refractivity contribution is 0.171. The fourth-order valence-corrected chi connectivity index (χ4v) is 1.96. The zero-order valence-corrected chi connectivity index (χ0v) is 10.5. The van der Waals surface area contributed by atoms with Crippen LogP contribution in [0.4, 0.5) is 13.2 Å². The first-order chi connectivity index (χ1) is 8.99. The zero-order valence-electron chi connectivity index (χ0n) is 9.71. The third-order valence-corrected chi connectivity index (χ3v) is 3.02. The first kappa shape index (κ1) is 13.9. The molecule has 1 N–H and O–H groups in total. The molecule has 5 heteroatoms. The average Bonchev–Trinajstić information content (AvgIpc) is 2.33. The van der Waals surface area contributed by atoms with Crippen molar-refractivity contribution in [1.82, 2.24) is 0 Å². The molecule has 2 aromatic carbocycles. The van der Waals surface area contributed by atoms with Crippen LogP contribution in [-0.2, 0) is 6.42 Å². The molecule has 100 valence electrons. The summed E-state index contributed by atoms with van der Waals surface area (Å²) in [5, 5.41) is 10.1. The number of hydrogen-bond acceptors (Lipinski definition) is 1. The molecule has 1 atom stereocenters. The van der Waals surface area contributed by atoms with E-state index >= 15 is 0 Å². The fraction of sp³-hybridized carbons (Fsp3) is 0.143. The van der Waals surface area contributed by atoms with E-state index in [2.05, 4.69) is 0 Å². The molecule has 19 heavy (non-hydrogen) atoms. The molecule has 0 aliphatic carbocycles. The van der Waals surface area contributed by atoms with Crippen LogP contribution in [0, 0.1) is 17.5 Å².